The molecule has 216 valence electrons. The summed E-state index contributed by atoms with van der Waals surface area (Å²) in [6, 6.07) is 19.0. The van der Waals surface area contributed by atoms with E-state index >= 15 is 0 Å². The number of aromatic nitrogens is 1. The first kappa shape index (κ1) is 31.3. The zero-order valence-electron chi connectivity index (χ0n) is 23.8. The van der Waals surface area contributed by atoms with Crippen molar-refractivity contribution in [3.63, 3.8) is 0 Å². The second kappa shape index (κ2) is 14.1. The number of esters is 1. The maximum Gasteiger partial charge on any atom is 2.00 e. The van der Waals surface area contributed by atoms with Crippen LogP contribution in [0, 0.1) is 75.5 Å². The number of anilines is 1. The summed E-state index contributed by atoms with van der Waals surface area (Å²) in [6.45, 7) is 2.52. The molecule has 1 aromatic heterocycles. The van der Waals surface area contributed by atoms with Crippen LogP contribution in [0.5, 0.6) is 0 Å². The van der Waals surface area contributed by atoms with Gasteiger partial charge in [0.25, 0.3) is 0 Å². The topological polar surface area (TPSA) is 68.6 Å². The predicted octanol–water partition coefficient (Wildman–Crippen LogP) is 5.58. The fourth-order valence-electron chi connectivity index (χ4n) is 6.35. The monoisotopic (exact) mass is 612 g/mol. The summed E-state index contributed by atoms with van der Waals surface area (Å²) in [5.41, 5.74) is 3.81. The third-order valence-electron chi connectivity index (χ3n) is 8.07. The number of imide groups is 1. The van der Waals surface area contributed by atoms with Gasteiger partial charge in [0.15, 0.2) is 0 Å². The number of fused-ring (bicyclic) bond motifs is 2. The van der Waals surface area contributed by atoms with Crippen molar-refractivity contribution in [2.75, 3.05) is 11.5 Å². The SMILES string of the molecule is CCOC(=O)c1c2c(cn1Cc1ccccc1)C[C@H]1C(=O)N(c3ccccc3)C(=O)[C@H]1[C@H]2[C]1[CH][CH][CH][CH]1.[CH]1[CH][CH][CH][CH]1.[Fe+2]. The van der Waals surface area contributed by atoms with Crippen molar-refractivity contribution in [2.45, 2.75) is 25.8 Å². The number of hydrogen-bond acceptors (Lipinski definition) is 4. The zero-order valence-corrected chi connectivity index (χ0v) is 24.9. The molecule has 0 bridgehead atoms. The molecule has 6 nitrogen and oxygen atoms in total. The van der Waals surface area contributed by atoms with Crippen LogP contribution in [0.4, 0.5) is 5.69 Å². The van der Waals surface area contributed by atoms with Crippen molar-refractivity contribution < 1.29 is 36.2 Å². The van der Waals surface area contributed by atoms with Crippen LogP contribution < -0.4 is 4.90 Å². The maximum atomic E-state index is 14.0. The van der Waals surface area contributed by atoms with Crippen LogP contribution in [0.25, 0.3) is 0 Å². The Labute approximate surface area is 265 Å². The quantitative estimate of drug-likeness (QED) is 0.207. The molecule has 2 amide bonds. The van der Waals surface area contributed by atoms with E-state index in [4.69, 9.17) is 4.74 Å². The summed E-state index contributed by atoms with van der Waals surface area (Å²) < 4.78 is 7.45. The van der Waals surface area contributed by atoms with E-state index in [1.165, 1.54) is 4.90 Å². The van der Waals surface area contributed by atoms with Crippen LogP contribution in [0.2, 0.25) is 0 Å². The smallest absolute Gasteiger partial charge is 0.461 e. The van der Waals surface area contributed by atoms with E-state index < -0.39 is 23.7 Å². The van der Waals surface area contributed by atoms with E-state index in [9.17, 15) is 14.4 Å². The van der Waals surface area contributed by atoms with E-state index in [0.29, 0.717) is 24.3 Å². The van der Waals surface area contributed by atoms with Crippen molar-refractivity contribution in [1.82, 2.24) is 4.57 Å². The third kappa shape index (κ3) is 6.25. The van der Waals surface area contributed by atoms with Gasteiger partial charge < -0.3 is 9.30 Å². The molecule has 10 radical (unpaired) electrons. The molecule has 1 saturated heterocycles. The van der Waals surface area contributed by atoms with Gasteiger partial charge in [0.05, 0.1) is 24.1 Å². The Morgan fingerprint density at radius 2 is 1.44 bits per heavy atom. The average Bonchev–Trinajstić information content (AvgIpc) is 3.83. The molecule has 3 aromatic rings. The Bertz CT molecular complexity index is 1400. The molecule has 2 saturated carbocycles. The molecule has 0 N–H and O–H groups in total. The average molecular weight is 613 g/mol. The molecular weight excluding hydrogens is 580 g/mol. The Morgan fingerprint density at radius 3 is 2.05 bits per heavy atom. The van der Waals surface area contributed by atoms with Gasteiger partial charge in [-0.1, -0.05) is 48.5 Å². The number of rotatable bonds is 6. The minimum atomic E-state index is -0.594. The fraction of sp³-hybridized carbons (Fsp3) is 0.194. The van der Waals surface area contributed by atoms with E-state index in [-0.39, 0.29) is 35.5 Å². The Hall–Kier alpha value is -3.15. The molecule has 3 fully saturated rings. The Kier molecular flexibility index (Phi) is 10.2. The molecule has 0 spiro atoms. The largest absolute Gasteiger partial charge is 2.00 e. The van der Waals surface area contributed by atoms with Gasteiger partial charge in [-0.05, 0) is 106 Å². The van der Waals surface area contributed by atoms with E-state index in [1.54, 1.807) is 19.1 Å². The number of carbonyl (C=O) groups is 3. The summed E-state index contributed by atoms with van der Waals surface area (Å²) in [7, 11) is 0. The molecule has 4 aliphatic rings. The van der Waals surface area contributed by atoms with Crippen molar-refractivity contribution in [1.29, 1.82) is 0 Å². The molecule has 1 aliphatic heterocycles. The Morgan fingerprint density at radius 1 is 0.837 bits per heavy atom. The first-order valence-electron chi connectivity index (χ1n) is 14.3. The van der Waals surface area contributed by atoms with Gasteiger partial charge >= 0.3 is 23.0 Å². The van der Waals surface area contributed by atoms with Crippen LogP contribution >= 0.6 is 0 Å². The number of hydrogen-bond donors (Lipinski definition) is 0. The first-order valence-corrected chi connectivity index (χ1v) is 14.3. The van der Waals surface area contributed by atoms with Crippen LogP contribution in [0.3, 0.4) is 0 Å². The van der Waals surface area contributed by atoms with Crippen LogP contribution in [0.15, 0.2) is 66.9 Å². The van der Waals surface area contributed by atoms with Crippen molar-refractivity contribution >= 4 is 23.5 Å². The van der Waals surface area contributed by atoms with E-state index in [1.807, 2.05) is 117 Å². The minimum Gasteiger partial charge on any atom is -0.461 e. The molecule has 2 aromatic carbocycles. The van der Waals surface area contributed by atoms with Gasteiger partial charge in [0.1, 0.15) is 5.69 Å². The van der Waals surface area contributed by atoms with Crippen LogP contribution in [-0.4, -0.2) is 29.0 Å². The molecule has 43 heavy (non-hydrogen) atoms. The molecule has 7 heteroatoms. The summed E-state index contributed by atoms with van der Waals surface area (Å²) in [6.07, 6.45) is 20.2. The molecule has 3 atom stereocenters. The van der Waals surface area contributed by atoms with Gasteiger partial charge in [-0.25, -0.2) is 4.79 Å². The number of ether oxygens (including phenoxy) is 1. The van der Waals surface area contributed by atoms with Gasteiger partial charge in [-0.2, -0.15) is 0 Å². The summed E-state index contributed by atoms with van der Waals surface area (Å²) in [5, 5.41) is 0. The first-order chi connectivity index (χ1) is 20.6. The third-order valence-corrected chi connectivity index (χ3v) is 8.07. The van der Waals surface area contributed by atoms with Gasteiger partial charge in [0.2, 0.25) is 11.8 Å². The van der Waals surface area contributed by atoms with E-state index in [0.717, 1.165) is 22.6 Å². The zero-order chi connectivity index (χ0) is 29.1. The number of amides is 2. The Balaban J connectivity index is 0.000000559. The van der Waals surface area contributed by atoms with Crippen LogP contribution in [0.1, 0.15) is 40.0 Å². The van der Waals surface area contributed by atoms with E-state index in [2.05, 4.69) is 0 Å². The number of nitrogens with zero attached hydrogens (tertiary/aromatic N) is 2. The second-order valence-electron chi connectivity index (χ2n) is 10.6. The summed E-state index contributed by atoms with van der Waals surface area (Å²) >= 11 is 0. The van der Waals surface area contributed by atoms with Gasteiger partial charge in [-0.3, -0.25) is 14.5 Å². The van der Waals surface area contributed by atoms with Crippen molar-refractivity contribution in [2.24, 2.45) is 11.8 Å². The number of benzene rings is 2. The van der Waals surface area contributed by atoms with Crippen molar-refractivity contribution in [3.8, 4) is 0 Å². The normalized spacial score (nSPS) is 22.8. The molecule has 0 unspecified atom stereocenters. The molecule has 3 aliphatic carbocycles. The summed E-state index contributed by atoms with van der Waals surface area (Å²) in [5.74, 6) is -1.40. The summed E-state index contributed by atoms with van der Waals surface area (Å²) in [4.78, 5) is 42.4. The fourth-order valence-corrected chi connectivity index (χ4v) is 6.35. The number of para-hydroxylation sites is 1. The van der Waals surface area contributed by atoms with Gasteiger partial charge in [0, 0.05) is 18.7 Å². The maximum absolute atomic E-state index is 14.0. The molecular formula is C36H32FeN2O4+2. The number of carbonyl (C=O) groups excluding carboxylic acids is 3. The molecule has 7 rings (SSSR count). The standard InChI is InChI=1S/C31H27N2O4.C5H5.Fe/c1-2-37-31(36)28-26-22(19-32(28)18-20-11-5-3-6-12-20)17-24-27(25(26)21-13-9-10-14-21)30(35)33(29(24)34)23-15-7-4-8-16-23;1-2-4-5-3-1;/h3-16,19,24-25,27H,2,17-18H2,1H3;1-5H;/q;;+2/t24-,25+,27-;;/m1../s1. The minimum absolute atomic E-state index is 0. The van der Waals surface area contributed by atoms with Crippen LogP contribution in [-0.2, 0) is 44.4 Å². The molecule has 2 heterocycles. The predicted molar refractivity (Wildman–Crippen MR) is 160 cm³/mol. The second-order valence-corrected chi connectivity index (χ2v) is 10.6. The van der Waals surface area contributed by atoms with Gasteiger partial charge in [-0.15, -0.1) is 0 Å². The van der Waals surface area contributed by atoms with Crippen molar-refractivity contribution in [3.05, 3.63) is 153 Å².